The fourth-order valence-corrected chi connectivity index (χ4v) is 3.99. The molecule has 0 bridgehead atoms. The van der Waals surface area contributed by atoms with E-state index >= 15 is 0 Å². The largest absolute Gasteiger partial charge is 0.481 e. The van der Waals surface area contributed by atoms with Crippen molar-refractivity contribution in [3.05, 3.63) is 36.0 Å². The van der Waals surface area contributed by atoms with E-state index < -0.39 is 66.9 Å². The molecule has 0 radical (unpaired) electrons. The van der Waals surface area contributed by atoms with E-state index in [9.17, 15) is 34.2 Å². The lowest BCUT2D eigenvalue weighted by molar-refractivity contribution is -0.143. The van der Waals surface area contributed by atoms with Gasteiger partial charge >= 0.3 is 11.9 Å². The normalized spacial score (nSPS) is 14.2. The molecular formula is C23H31N5O8S. The number of thioether (sulfide) groups is 1. The van der Waals surface area contributed by atoms with E-state index in [2.05, 4.69) is 20.9 Å². The number of aromatic nitrogens is 1. The quantitative estimate of drug-likeness (QED) is 0.135. The molecule has 9 N–H and O–H groups in total. The molecule has 4 atom stereocenters. The van der Waals surface area contributed by atoms with E-state index in [0.717, 1.165) is 10.9 Å². The molecule has 3 amide bonds. The Bertz CT molecular complexity index is 1120. The standard InChI is InChI=1S/C23H31N5O8S/c1-37-7-6-14(24)20(32)26-16(9-19(30)31)21(33)28-18(11-29)22(34)27-17(23(35)36)8-12-10-25-15-5-3-2-4-13(12)15/h2-5,10,14,16-18,25,29H,6-9,11,24H2,1H3,(H,26,32)(H,27,34)(H,28,33)(H,30,31)(H,35,36). The van der Waals surface area contributed by atoms with Crippen molar-refractivity contribution >= 4 is 52.3 Å². The van der Waals surface area contributed by atoms with Crippen LogP contribution in [0, 0.1) is 0 Å². The fraction of sp³-hybridized carbons (Fsp3) is 0.435. The Labute approximate surface area is 216 Å². The summed E-state index contributed by atoms with van der Waals surface area (Å²) in [5.74, 6) is -4.96. The third-order valence-electron chi connectivity index (χ3n) is 5.51. The number of fused-ring (bicyclic) bond motifs is 1. The van der Waals surface area contributed by atoms with Crippen molar-refractivity contribution in [3.63, 3.8) is 0 Å². The highest BCUT2D eigenvalue weighted by molar-refractivity contribution is 7.98. The number of nitrogens with one attached hydrogen (secondary N) is 4. The Morgan fingerprint density at radius 3 is 2.22 bits per heavy atom. The first kappa shape index (κ1) is 29.6. The number of hydrogen-bond acceptors (Lipinski definition) is 8. The molecule has 2 aromatic rings. The van der Waals surface area contributed by atoms with Crippen LogP contribution >= 0.6 is 11.8 Å². The van der Waals surface area contributed by atoms with Gasteiger partial charge in [0.05, 0.1) is 19.1 Å². The first-order valence-electron chi connectivity index (χ1n) is 11.3. The summed E-state index contributed by atoms with van der Waals surface area (Å²) >= 11 is 1.46. The van der Waals surface area contributed by atoms with E-state index in [1.165, 1.54) is 11.8 Å². The van der Waals surface area contributed by atoms with Crippen LogP contribution in [0.1, 0.15) is 18.4 Å². The number of carbonyl (C=O) groups is 5. The van der Waals surface area contributed by atoms with Gasteiger partial charge in [-0.3, -0.25) is 19.2 Å². The van der Waals surface area contributed by atoms with E-state index in [0.29, 0.717) is 17.7 Å². The van der Waals surface area contributed by atoms with Crippen LogP contribution in [0.3, 0.4) is 0 Å². The van der Waals surface area contributed by atoms with Gasteiger partial charge in [0.25, 0.3) is 0 Å². The average Bonchev–Trinajstić information content (AvgIpc) is 3.27. The van der Waals surface area contributed by atoms with Crippen LogP contribution in [-0.2, 0) is 30.4 Å². The number of hydrogen-bond donors (Lipinski definition) is 8. The maximum atomic E-state index is 12.7. The summed E-state index contributed by atoms with van der Waals surface area (Å²) in [6.45, 7) is -0.905. The first-order valence-corrected chi connectivity index (χ1v) is 12.7. The second-order valence-electron chi connectivity index (χ2n) is 8.25. The molecule has 14 heteroatoms. The van der Waals surface area contributed by atoms with Crippen LogP contribution in [0.25, 0.3) is 10.9 Å². The number of carboxylic acids is 2. The van der Waals surface area contributed by atoms with Gasteiger partial charge in [-0.25, -0.2) is 4.79 Å². The molecule has 2 rings (SSSR count). The molecule has 1 heterocycles. The van der Waals surface area contributed by atoms with Gasteiger partial charge in [0.2, 0.25) is 17.7 Å². The Balaban J connectivity index is 2.08. The Hall–Kier alpha value is -3.62. The third-order valence-corrected chi connectivity index (χ3v) is 6.15. The highest BCUT2D eigenvalue weighted by atomic mass is 32.2. The molecular weight excluding hydrogens is 506 g/mol. The van der Waals surface area contributed by atoms with Crippen LogP contribution in [0.5, 0.6) is 0 Å². The number of aliphatic hydroxyl groups is 1. The van der Waals surface area contributed by atoms with Crippen LogP contribution in [0.15, 0.2) is 30.5 Å². The molecule has 4 unspecified atom stereocenters. The summed E-state index contributed by atoms with van der Waals surface area (Å²) in [5.41, 5.74) is 7.18. The zero-order valence-electron chi connectivity index (χ0n) is 20.1. The van der Waals surface area contributed by atoms with Gasteiger partial charge in [-0.2, -0.15) is 11.8 Å². The minimum atomic E-state index is -1.60. The van der Waals surface area contributed by atoms with Gasteiger partial charge in [-0.05, 0) is 30.1 Å². The molecule has 13 nitrogen and oxygen atoms in total. The Morgan fingerprint density at radius 2 is 1.59 bits per heavy atom. The molecule has 0 saturated heterocycles. The van der Waals surface area contributed by atoms with E-state index in [-0.39, 0.29) is 6.42 Å². The SMILES string of the molecule is CSCCC(N)C(=O)NC(CC(=O)O)C(=O)NC(CO)C(=O)NC(Cc1c[nH]c2ccccc12)C(=O)O. The number of H-pyrrole nitrogens is 1. The second-order valence-corrected chi connectivity index (χ2v) is 9.24. The number of carboxylic acid groups (broad SMARTS) is 2. The number of nitrogens with two attached hydrogens (primary N) is 1. The lowest BCUT2D eigenvalue weighted by atomic mass is 10.0. The molecule has 0 saturated carbocycles. The maximum Gasteiger partial charge on any atom is 0.326 e. The van der Waals surface area contributed by atoms with Crippen molar-refractivity contribution in [1.82, 2.24) is 20.9 Å². The lowest BCUT2D eigenvalue weighted by Crippen LogP contribution is -2.58. The second kappa shape index (κ2) is 14.2. The van der Waals surface area contributed by atoms with Crippen molar-refractivity contribution in [2.24, 2.45) is 5.73 Å². The summed E-state index contributed by atoms with van der Waals surface area (Å²) in [4.78, 5) is 63.8. The summed E-state index contributed by atoms with van der Waals surface area (Å²) in [6.07, 6.45) is 2.86. The first-order chi connectivity index (χ1) is 17.6. The predicted octanol–water partition coefficient (Wildman–Crippen LogP) is -1.20. The van der Waals surface area contributed by atoms with Crippen LogP contribution < -0.4 is 21.7 Å². The number of aliphatic hydroxyl groups excluding tert-OH is 1. The number of benzene rings is 1. The Kier molecular flexibility index (Phi) is 11.4. The highest BCUT2D eigenvalue weighted by Crippen LogP contribution is 2.19. The van der Waals surface area contributed by atoms with E-state index in [1.54, 1.807) is 18.3 Å². The van der Waals surface area contributed by atoms with Gasteiger partial charge in [0.1, 0.15) is 18.1 Å². The number of carbonyl (C=O) groups excluding carboxylic acids is 3. The highest BCUT2D eigenvalue weighted by Gasteiger charge is 2.31. The minimum absolute atomic E-state index is 0.0805. The molecule has 0 fully saturated rings. The predicted molar refractivity (Wildman–Crippen MR) is 136 cm³/mol. The monoisotopic (exact) mass is 537 g/mol. The third kappa shape index (κ3) is 8.77. The average molecular weight is 538 g/mol. The van der Waals surface area contributed by atoms with Crippen molar-refractivity contribution in [3.8, 4) is 0 Å². The maximum absolute atomic E-state index is 12.7. The zero-order valence-corrected chi connectivity index (χ0v) is 20.9. The van der Waals surface area contributed by atoms with Crippen molar-refractivity contribution < 1.29 is 39.3 Å². The van der Waals surface area contributed by atoms with Gasteiger partial charge < -0.3 is 42.0 Å². The summed E-state index contributed by atoms with van der Waals surface area (Å²) in [7, 11) is 0. The molecule has 1 aromatic heterocycles. The lowest BCUT2D eigenvalue weighted by Gasteiger charge is -2.23. The number of aliphatic carboxylic acids is 2. The van der Waals surface area contributed by atoms with Crippen molar-refractivity contribution in [1.29, 1.82) is 0 Å². The Morgan fingerprint density at radius 1 is 0.973 bits per heavy atom. The molecule has 1 aromatic carbocycles. The van der Waals surface area contributed by atoms with E-state index in [4.69, 9.17) is 10.8 Å². The summed E-state index contributed by atoms with van der Waals surface area (Å²) < 4.78 is 0. The van der Waals surface area contributed by atoms with Crippen LogP contribution in [0.4, 0.5) is 0 Å². The number of aromatic amines is 1. The van der Waals surface area contributed by atoms with Gasteiger partial charge in [-0.1, -0.05) is 18.2 Å². The van der Waals surface area contributed by atoms with Crippen molar-refractivity contribution in [2.75, 3.05) is 18.6 Å². The van der Waals surface area contributed by atoms with Crippen molar-refractivity contribution in [2.45, 2.75) is 43.4 Å². The molecule has 0 aliphatic carbocycles. The molecule has 0 spiro atoms. The number of amides is 3. The van der Waals surface area contributed by atoms with Crippen LogP contribution in [-0.4, -0.2) is 92.7 Å². The topological polar surface area (TPSA) is 224 Å². The molecule has 0 aliphatic rings. The molecule has 0 aliphatic heterocycles. The smallest absolute Gasteiger partial charge is 0.326 e. The zero-order chi connectivity index (χ0) is 27.5. The summed E-state index contributed by atoms with van der Waals surface area (Å²) in [5, 5.41) is 35.9. The summed E-state index contributed by atoms with van der Waals surface area (Å²) in [6, 6.07) is 1.66. The van der Waals surface area contributed by atoms with Gasteiger partial charge in [0.15, 0.2) is 0 Å². The number of rotatable bonds is 15. The number of para-hydroxylation sites is 1. The molecule has 37 heavy (non-hydrogen) atoms. The van der Waals surface area contributed by atoms with Gasteiger partial charge in [0, 0.05) is 23.5 Å². The van der Waals surface area contributed by atoms with Crippen LogP contribution in [0.2, 0.25) is 0 Å². The minimum Gasteiger partial charge on any atom is -0.481 e. The molecule has 202 valence electrons. The van der Waals surface area contributed by atoms with Gasteiger partial charge in [-0.15, -0.1) is 0 Å². The van der Waals surface area contributed by atoms with E-state index in [1.807, 2.05) is 18.4 Å². The fourth-order valence-electron chi connectivity index (χ4n) is 3.50.